The standard InChI is InChI=1S/C16H17Br2NO2/c1-9-4-5-15(20)11(6-9)10(2)19-14-8-16(21-3)13(18)7-12(14)17/h4-8,10,19-20H,1-3H3. The molecule has 112 valence electrons. The molecule has 0 spiro atoms. The summed E-state index contributed by atoms with van der Waals surface area (Å²) in [4.78, 5) is 0. The lowest BCUT2D eigenvalue weighted by molar-refractivity contribution is 0.412. The second kappa shape index (κ2) is 6.71. The number of aryl methyl sites for hydroxylation is 1. The zero-order chi connectivity index (χ0) is 15.6. The topological polar surface area (TPSA) is 41.5 Å². The van der Waals surface area contributed by atoms with Crippen LogP contribution in [0.3, 0.4) is 0 Å². The van der Waals surface area contributed by atoms with E-state index in [0.717, 1.165) is 31.5 Å². The van der Waals surface area contributed by atoms with Gasteiger partial charge in [0.05, 0.1) is 23.3 Å². The van der Waals surface area contributed by atoms with E-state index in [0.29, 0.717) is 5.75 Å². The number of halogens is 2. The van der Waals surface area contributed by atoms with Gasteiger partial charge in [0, 0.05) is 16.1 Å². The van der Waals surface area contributed by atoms with Gasteiger partial charge in [0.15, 0.2) is 0 Å². The number of benzene rings is 2. The number of nitrogens with one attached hydrogen (secondary N) is 1. The summed E-state index contributed by atoms with van der Waals surface area (Å²) >= 11 is 6.98. The van der Waals surface area contributed by atoms with Crippen LogP contribution in [0, 0.1) is 6.92 Å². The third kappa shape index (κ3) is 3.71. The number of phenols is 1. The highest BCUT2D eigenvalue weighted by atomic mass is 79.9. The van der Waals surface area contributed by atoms with E-state index in [1.165, 1.54) is 0 Å². The predicted octanol–water partition coefficient (Wildman–Crippen LogP) is 5.41. The quantitative estimate of drug-likeness (QED) is 0.702. The summed E-state index contributed by atoms with van der Waals surface area (Å²) < 4.78 is 7.12. The Kier molecular flexibility index (Phi) is 5.17. The van der Waals surface area contributed by atoms with E-state index in [-0.39, 0.29) is 6.04 Å². The molecule has 0 aliphatic heterocycles. The van der Waals surface area contributed by atoms with Crippen molar-refractivity contribution in [3.05, 3.63) is 50.4 Å². The van der Waals surface area contributed by atoms with Crippen LogP contribution in [0.5, 0.6) is 11.5 Å². The lowest BCUT2D eigenvalue weighted by Crippen LogP contribution is -2.08. The predicted molar refractivity (Wildman–Crippen MR) is 93.3 cm³/mol. The van der Waals surface area contributed by atoms with Gasteiger partial charge < -0.3 is 15.2 Å². The largest absolute Gasteiger partial charge is 0.508 e. The van der Waals surface area contributed by atoms with Gasteiger partial charge in [0.1, 0.15) is 11.5 Å². The average Bonchev–Trinajstić information content (AvgIpc) is 2.44. The van der Waals surface area contributed by atoms with Crippen LogP contribution in [-0.4, -0.2) is 12.2 Å². The molecule has 2 aromatic carbocycles. The first kappa shape index (κ1) is 16.2. The summed E-state index contributed by atoms with van der Waals surface area (Å²) in [6, 6.07) is 9.41. The van der Waals surface area contributed by atoms with Gasteiger partial charge in [-0.3, -0.25) is 0 Å². The molecule has 0 saturated carbocycles. The van der Waals surface area contributed by atoms with Gasteiger partial charge in [-0.05, 0) is 57.8 Å². The molecule has 0 fully saturated rings. The van der Waals surface area contributed by atoms with Crippen molar-refractivity contribution in [2.75, 3.05) is 12.4 Å². The van der Waals surface area contributed by atoms with Gasteiger partial charge in [-0.2, -0.15) is 0 Å². The Morgan fingerprint density at radius 2 is 1.86 bits per heavy atom. The minimum Gasteiger partial charge on any atom is -0.508 e. The zero-order valence-electron chi connectivity index (χ0n) is 12.1. The summed E-state index contributed by atoms with van der Waals surface area (Å²) in [6.45, 7) is 4.02. The number of methoxy groups -OCH3 is 1. The summed E-state index contributed by atoms with van der Waals surface area (Å²) in [5, 5.41) is 13.4. The molecular weight excluding hydrogens is 398 g/mol. The fourth-order valence-corrected chi connectivity index (χ4v) is 3.40. The van der Waals surface area contributed by atoms with Gasteiger partial charge in [-0.15, -0.1) is 0 Å². The number of phenolic OH excluding ortho intramolecular Hbond substituents is 1. The van der Waals surface area contributed by atoms with Crippen molar-refractivity contribution in [2.45, 2.75) is 19.9 Å². The molecule has 21 heavy (non-hydrogen) atoms. The number of hydrogen-bond acceptors (Lipinski definition) is 3. The molecule has 2 N–H and O–H groups in total. The van der Waals surface area contributed by atoms with Crippen molar-refractivity contribution in [1.29, 1.82) is 0 Å². The van der Waals surface area contributed by atoms with Crippen molar-refractivity contribution >= 4 is 37.5 Å². The molecule has 0 aliphatic carbocycles. The minimum atomic E-state index is -0.0351. The van der Waals surface area contributed by atoms with E-state index >= 15 is 0 Å². The second-order valence-corrected chi connectivity index (χ2v) is 6.60. The van der Waals surface area contributed by atoms with Crippen molar-refractivity contribution < 1.29 is 9.84 Å². The van der Waals surface area contributed by atoms with Crippen LogP contribution in [-0.2, 0) is 0 Å². The molecule has 5 heteroatoms. The molecular formula is C16H17Br2NO2. The molecule has 0 aliphatic rings. The third-order valence-corrected chi connectivity index (χ3v) is 4.54. The first-order chi connectivity index (χ1) is 9.92. The van der Waals surface area contributed by atoms with Gasteiger partial charge in [-0.1, -0.05) is 17.7 Å². The smallest absolute Gasteiger partial charge is 0.135 e. The molecule has 0 amide bonds. The maximum absolute atomic E-state index is 10.0. The Balaban J connectivity index is 2.31. The minimum absolute atomic E-state index is 0.0351. The monoisotopic (exact) mass is 413 g/mol. The van der Waals surface area contributed by atoms with Gasteiger partial charge in [0.2, 0.25) is 0 Å². The molecule has 0 saturated heterocycles. The Labute approximate surface area is 141 Å². The van der Waals surface area contributed by atoms with E-state index in [1.54, 1.807) is 13.2 Å². The number of hydrogen-bond donors (Lipinski definition) is 2. The van der Waals surface area contributed by atoms with E-state index in [2.05, 4.69) is 37.2 Å². The molecule has 0 bridgehead atoms. The lowest BCUT2D eigenvalue weighted by atomic mass is 10.0. The van der Waals surface area contributed by atoms with Crippen molar-refractivity contribution in [3.8, 4) is 11.5 Å². The number of rotatable bonds is 4. The van der Waals surface area contributed by atoms with Crippen LogP contribution < -0.4 is 10.1 Å². The molecule has 1 atom stereocenters. The van der Waals surface area contributed by atoms with E-state index in [4.69, 9.17) is 4.74 Å². The molecule has 2 rings (SSSR count). The highest BCUT2D eigenvalue weighted by Gasteiger charge is 2.14. The first-order valence-corrected chi connectivity index (χ1v) is 8.10. The molecule has 3 nitrogen and oxygen atoms in total. The third-order valence-electron chi connectivity index (χ3n) is 3.26. The number of aromatic hydroxyl groups is 1. The molecule has 1 unspecified atom stereocenters. The average molecular weight is 415 g/mol. The van der Waals surface area contributed by atoms with Crippen LogP contribution in [0.25, 0.3) is 0 Å². The Bertz CT molecular complexity index is 659. The van der Waals surface area contributed by atoms with Crippen LogP contribution in [0.15, 0.2) is 39.3 Å². The van der Waals surface area contributed by atoms with Crippen molar-refractivity contribution in [2.24, 2.45) is 0 Å². The van der Waals surface area contributed by atoms with Gasteiger partial charge in [0.25, 0.3) is 0 Å². The van der Waals surface area contributed by atoms with Crippen LogP contribution >= 0.6 is 31.9 Å². The lowest BCUT2D eigenvalue weighted by Gasteiger charge is -2.19. The number of anilines is 1. The maximum atomic E-state index is 10.0. The fraction of sp³-hybridized carbons (Fsp3) is 0.250. The van der Waals surface area contributed by atoms with Crippen molar-refractivity contribution in [1.82, 2.24) is 0 Å². The highest BCUT2D eigenvalue weighted by Crippen LogP contribution is 2.37. The van der Waals surface area contributed by atoms with Crippen LogP contribution in [0.2, 0.25) is 0 Å². The first-order valence-electron chi connectivity index (χ1n) is 6.51. The summed E-state index contributed by atoms with van der Waals surface area (Å²) in [5.41, 5.74) is 2.89. The van der Waals surface area contributed by atoms with Gasteiger partial charge in [-0.25, -0.2) is 0 Å². The molecule has 0 heterocycles. The van der Waals surface area contributed by atoms with Crippen LogP contribution in [0.4, 0.5) is 5.69 Å². The zero-order valence-corrected chi connectivity index (χ0v) is 15.2. The van der Waals surface area contributed by atoms with E-state index < -0.39 is 0 Å². The van der Waals surface area contributed by atoms with Crippen LogP contribution in [0.1, 0.15) is 24.1 Å². The molecule has 2 aromatic rings. The van der Waals surface area contributed by atoms with Crippen molar-refractivity contribution in [3.63, 3.8) is 0 Å². The Hall–Kier alpha value is -1.20. The molecule has 0 radical (unpaired) electrons. The highest BCUT2D eigenvalue weighted by molar-refractivity contribution is 9.11. The summed E-state index contributed by atoms with van der Waals surface area (Å²) in [6.07, 6.45) is 0. The fourth-order valence-electron chi connectivity index (χ4n) is 2.13. The Morgan fingerprint density at radius 3 is 2.52 bits per heavy atom. The summed E-state index contributed by atoms with van der Waals surface area (Å²) in [7, 11) is 1.63. The summed E-state index contributed by atoms with van der Waals surface area (Å²) in [5.74, 6) is 1.04. The second-order valence-electron chi connectivity index (χ2n) is 4.89. The van der Waals surface area contributed by atoms with E-state index in [1.807, 2.05) is 38.1 Å². The van der Waals surface area contributed by atoms with E-state index in [9.17, 15) is 5.11 Å². The SMILES string of the molecule is COc1cc(NC(C)c2cc(C)ccc2O)c(Br)cc1Br. The maximum Gasteiger partial charge on any atom is 0.135 e. The number of ether oxygens (including phenoxy) is 1. The molecule has 0 aromatic heterocycles. The Morgan fingerprint density at radius 1 is 1.14 bits per heavy atom. The normalized spacial score (nSPS) is 12.0. The van der Waals surface area contributed by atoms with Gasteiger partial charge >= 0.3 is 0 Å².